The van der Waals surface area contributed by atoms with E-state index in [2.05, 4.69) is 45.2 Å². The molecule has 0 aliphatic heterocycles. The van der Waals surface area contributed by atoms with E-state index in [1.165, 1.54) is 31.2 Å². The number of anilines is 5. The molecule has 0 bridgehead atoms. The molecule has 0 aliphatic rings. The van der Waals surface area contributed by atoms with Gasteiger partial charge >= 0.3 is 0 Å². The Hall–Kier alpha value is -4.84. The zero-order valence-electron chi connectivity index (χ0n) is 25.4. The highest BCUT2D eigenvalue weighted by Crippen LogP contribution is 2.38. The van der Waals surface area contributed by atoms with Gasteiger partial charge in [-0.15, -0.1) is 14.6 Å². The SMILES string of the molecule is CC(=O)Nc1cc(Nc2nc(Cl)nc(N(C)c3ccccc3)n2)ccc1N=Nc1cc2c(S(=O)(=O)O)cc(SOOO)cc2cc1S(=O)(=O)O. The number of nitrogens with zero attached hydrogens (tertiary/aromatic N) is 6. The van der Waals surface area contributed by atoms with Crippen molar-refractivity contribution in [2.24, 2.45) is 10.2 Å². The molecule has 0 fully saturated rings. The molecular weight excluding hydrogens is 740 g/mol. The Morgan fingerprint density at radius 2 is 1.60 bits per heavy atom. The monoisotopic (exact) mass is 762 g/mol. The van der Waals surface area contributed by atoms with Crippen LogP contribution in [0.25, 0.3) is 10.8 Å². The maximum absolute atomic E-state index is 12.4. The van der Waals surface area contributed by atoms with E-state index < -0.39 is 41.6 Å². The molecule has 1 heterocycles. The van der Waals surface area contributed by atoms with Crippen LogP contribution in [0.15, 0.2) is 97.7 Å². The minimum absolute atomic E-state index is 0.00761. The van der Waals surface area contributed by atoms with Crippen molar-refractivity contribution in [2.45, 2.75) is 21.6 Å². The highest BCUT2D eigenvalue weighted by Gasteiger charge is 2.23. The predicted molar refractivity (Wildman–Crippen MR) is 182 cm³/mol. The van der Waals surface area contributed by atoms with Crippen LogP contribution in [0.1, 0.15) is 6.92 Å². The molecule has 0 atom stereocenters. The van der Waals surface area contributed by atoms with Gasteiger partial charge in [-0.25, -0.2) is 5.26 Å². The Morgan fingerprint density at radius 3 is 2.26 bits per heavy atom. The average molecular weight is 763 g/mol. The van der Waals surface area contributed by atoms with E-state index in [4.69, 9.17) is 16.9 Å². The molecule has 22 heteroatoms. The number of carbonyl (C=O) groups excluding carboxylic acids is 1. The van der Waals surface area contributed by atoms with Crippen LogP contribution in [-0.4, -0.2) is 59.1 Å². The van der Waals surface area contributed by atoms with E-state index >= 15 is 0 Å². The van der Waals surface area contributed by atoms with Gasteiger partial charge in [-0.2, -0.15) is 31.8 Å². The van der Waals surface area contributed by atoms with Crippen LogP contribution in [0.4, 0.5) is 40.3 Å². The van der Waals surface area contributed by atoms with Gasteiger partial charge in [-0.05, 0) is 71.6 Å². The Kier molecular flexibility index (Phi) is 10.9. The topological polar surface area (TPSA) is 255 Å². The van der Waals surface area contributed by atoms with E-state index in [-0.39, 0.29) is 44.2 Å². The molecule has 50 heavy (non-hydrogen) atoms. The number of amides is 1. The summed E-state index contributed by atoms with van der Waals surface area (Å²) in [5.74, 6) is -0.206. The molecule has 4 aromatic carbocycles. The maximum atomic E-state index is 12.4. The fourth-order valence-electron chi connectivity index (χ4n) is 4.46. The molecule has 0 spiro atoms. The molecule has 0 radical (unpaired) electrons. The number of azo groups is 1. The standard InChI is InChI=1S/C28H23ClN8O10S3/c1-15(38)30-22-12-17(31-27-32-26(29)33-28(34-27)37(2)18-6-4-3-5-7-18)8-9-21(22)35-36-23-14-20-16(11-25(23)50(43,44)45)10-19(48-47-46-39)13-24(20)49(40,41)42/h3-14,39H,1-2H3,(H,30,38)(H,40,41,42)(H,43,44,45)(H,31,32,33,34). The Balaban J connectivity index is 1.54. The van der Waals surface area contributed by atoms with Crippen molar-refractivity contribution in [3.63, 3.8) is 0 Å². The van der Waals surface area contributed by atoms with Crippen LogP contribution >= 0.6 is 23.6 Å². The van der Waals surface area contributed by atoms with Gasteiger partial charge in [0.1, 0.15) is 21.2 Å². The summed E-state index contributed by atoms with van der Waals surface area (Å²) in [5, 5.41) is 25.1. The lowest BCUT2D eigenvalue weighted by molar-refractivity contribution is -0.432. The van der Waals surface area contributed by atoms with Gasteiger partial charge in [-0.3, -0.25) is 13.9 Å². The fraction of sp³-hybridized carbons (Fsp3) is 0.0714. The van der Waals surface area contributed by atoms with Gasteiger partial charge in [0.05, 0.1) is 17.7 Å². The number of rotatable bonds is 12. The van der Waals surface area contributed by atoms with Crippen LogP contribution in [-0.2, 0) is 34.4 Å². The molecule has 0 unspecified atom stereocenters. The quantitative estimate of drug-likeness (QED) is 0.0299. The minimum Gasteiger partial charge on any atom is -0.324 e. The second-order valence-electron chi connectivity index (χ2n) is 10.00. The van der Waals surface area contributed by atoms with Crippen LogP contribution in [0.2, 0.25) is 5.28 Å². The molecule has 1 aromatic heterocycles. The predicted octanol–water partition coefficient (Wildman–Crippen LogP) is 6.49. The maximum Gasteiger partial charge on any atom is 0.296 e. The summed E-state index contributed by atoms with van der Waals surface area (Å²) >= 11 is 6.51. The van der Waals surface area contributed by atoms with Crippen molar-refractivity contribution in [2.75, 3.05) is 22.6 Å². The van der Waals surface area contributed by atoms with E-state index in [9.17, 15) is 30.7 Å². The lowest BCUT2D eigenvalue weighted by Gasteiger charge is -2.18. The van der Waals surface area contributed by atoms with Crippen molar-refractivity contribution in [3.05, 3.63) is 78.1 Å². The van der Waals surface area contributed by atoms with Crippen LogP contribution in [0.3, 0.4) is 0 Å². The molecule has 5 aromatic rings. The fourth-order valence-corrected chi connectivity index (χ4v) is 6.51. The number of aromatic nitrogens is 3. The summed E-state index contributed by atoms with van der Waals surface area (Å²) in [6.07, 6.45) is 0. The van der Waals surface area contributed by atoms with Crippen molar-refractivity contribution in [3.8, 4) is 0 Å². The first kappa shape index (κ1) is 36.4. The van der Waals surface area contributed by atoms with Gasteiger partial charge in [-0.1, -0.05) is 23.2 Å². The molecule has 5 N–H and O–H groups in total. The molecule has 0 saturated heterocycles. The van der Waals surface area contributed by atoms with Crippen molar-refractivity contribution in [1.82, 2.24) is 15.0 Å². The second kappa shape index (κ2) is 15.0. The number of hydrogen-bond donors (Lipinski definition) is 5. The molecule has 0 aliphatic carbocycles. The van der Waals surface area contributed by atoms with Crippen LogP contribution < -0.4 is 15.5 Å². The zero-order valence-corrected chi connectivity index (χ0v) is 28.6. The molecule has 1 amide bonds. The molecular formula is C28H23ClN8O10S3. The Labute approximate surface area is 292 Å². The molecule has 0 saturated carbocycles. The van der Waals surface area contributed by atoms with E-state index in [0.717, 1.165) is 23.9 Å². The van der Waals surface area contributed by atoms with Crippen LogP contribution in [0, 0.1) is 0 Å². The summed E-state index contributed by atoms with van der Waals surface area (Å²) < 4.78 is 73.3. The highest BCUT2D eigenvalue weighted by molar-refractivity contribution is 7.94. The van der Waals surface area contributed by atoms with E-state index in [0.29, 0.717) is 17.7 Å². The number of para-hydroxylation sites is 1. The minimum atomic E-state index is -4.99. The molecule has 5 rings (SSSR count). The number of hydrogen-bond acceptors (Lipinski definition) is 16. The molecule has 18 nitrogen and oxygen atoms in total. The first-order valence-corrected chi connectivity index (χ1v) is 17.6. The number of nitrogens with one attached hydrogen (secondary N) is 2. The third-order valence-electron chi connectivity index (χ3n) is 6.55. The normalized spacial score (nSPS) is 12.0. The van der Waals surface area contributed by atoms with Gasteiger partial charge in [0.2, 0.25) is 23.1 Å². The summed E-state index contributed by atoms with van der Waals surface area (Å²) in [6, 6.07) is 17.7. The number of benzene rings is 4. The Morgan fingerprint density at radius 1 is 0.900 bits per heavy atom. The first-order chi connectivity index (χ1) is 23.6. The molecule has 260 valence electrons. The summed E-state index contributed by atoms with van der Waals surface area (Å²) in [6.45, 7) is 1.24. The van der Waals surface area contributed by atoms with E-state index in [1.54, 1.807) is 11.9 Å². The van der Waals surface area contributed by atoms with Crippen molar-refractivity contribution < 1.29 is 45.4 Å². The number of halogens is 1. The van der Waals surface area contributed by atoms with Gasteiger partial charge in [0.15, 0.2) is 0 Å². The largest absolute Gasteiger partial charge is 0.324 e. The number of carbonyl (C=O) groups is 1. The van der Waals surface area contributed by atoms with E-state index in [1.807, 2.05) is 30.3 Å². The smallest absolute Gasteiger partial charge is 0.296 e. The van der Waals surface area contributed by atoms with Crippen LogP contribution in [0.5, 0.6) is 0 Å². The summed E-state index contributed by atoms with van der Waals surface area (Å²) in [4.78, 5) is 24.9. The summed E-state index contributed by atoms with van der Waals surface area (Å²) in [7, 11) is -8.17. The van der Waals surface area contributed by atoms with Gasteiger partial charge < -0.3 is 15.5 Å². The first-order valence-electron chi connectivity index (χ1n) is 13.6. The lowest BCUT2D eigenvalue weighted by atomic mass is 10.1. The Bertz CT molecular complexity index is 2350. The third kappa shape index (κ3) is 8.84. The summed E-state index contributed by atoms with van der Waals surface area (Å²) in [5.41, 5.74) is 0.718. The number of fused-ring (bicyclic) bond motifs is 1. The van der Waals surface area contributed by atoms with Crippen molar-refractivity contribution in [1.29, 1.82) is 0 Å². The zero-order chi connectivity index (χ0) is 36.2. The second-order valence-corrected chi connectivity index (χ2v) is 13.9. The van der Waals surface area contributed by atoms with Crippen molar-refractivity contribution >= 4 is 101 Å². The average Bonchev–Trinajstić information content (AvgIpc) is 3.05. The van der Waals surface area contributed by atoms with Gasteiger partial charge in [0, 0.05) is 35.6 Å². The lowest BCUT2D eigenvalue weighted by Crippen LogP contribution is -2.14. The third-order valence-corrected chi connectivity index (χ3v) is 9.06. The highest BCUT2D eigenvalue weighted by atomic mass is 35.5. The van der Waals surface area contributed by atoms with Gasteiger partial charge in [0.25, 0.3) is 20.2 Å².